The average molecular weight is 415 g/mol. The van der Waals surface area contributed by atoms with Gasteiger partial charge in [-0.1, -0.05) is 74.5 Å². The molecule has 2 aromatic rings. The number of hydrogen-bond acceptors (Lipinski definition) is 5. The molecule has 0 heterocycles. The zero-order chi connectivity index (χ0) is 22.6. The molecule has 0 bridgehead atoms. The highest BCUT2D eigenvalue weighted by molar-refractivity contribution is 6.06. The van der Waals surface area contributed by atoms with E-state index in [2.05, 4.69) is 11.1 Å². The Morgan fingerprint density at radius 2 is 1.52 bits per heavy atom. The van der Waals surface area contributed by atoms with Crippen LogP contribution in [0.1, 0.15) is 43.7 Å². The number of nitrogens with zero attached hydrogens (tertiary/aromatic N) is 2. The zero-order valence-corrected chi connectivity index (χ0v) is 17.7. The van der Waals surface area contributed by atoms with E-state index in [1.54, 1.807) is 36.4 Å². The molecule has 1 saturated carbocycles. The lowest BCUT2D eigenvalue weighted by Crippen LogP contribution is -2.41. The third-order valence-electron chi connectivity index (χ3n) is 5.51. The maximum Gasteiger partial charge on any atom is 0.144 e. The topological polar surface area (TPSA) is 122 Å². The van der Waals surface area contributed by atoms with Crippen LogP contribution in [0, 0.1) is 22.7 Å². The number of rotatable bonds is 5. The quantitative estimate of drug-likeness (QED) is 0.336. The smallest absolute Gasteiger partial charge is 0.144 e. The van der Waals surface area contributed by atoms with Crippen molar-refractivity contribution in [3.8, 4) is 6.07 Å². The first kappa shape index (κ1) is 22.0. The number of carbonyl (C=O) groups excluding carboxylic acids is 2. The molecule has 6 nitrogen and oxygen atoms in total. The number of allylic oxidation sites excluding steroid dienone is 1. The van der Waals surface area contributed by atoms with Gasteiger partial charge in [0.05, 0.1) is 17.6 Å². The molecule has 2 aromatic carbocycles. The number of aliphatic imine (C=N–C) groups is 1. The fourth-order valence-corrected chi connectivity index (χ4v) is 4.11. The van der Waals surface area contributed by atoms with Crippen LogP contribution < -0.4 is 11.5 Å². The number of benzene rings is 2. The number of ketones is 2. The molecule has 0 aliphatic heterocycles. The summed E-state index contributed by atoms with van der Waals surface area (Å²) >= 11 is 0. The van der Waals surface area contributed by atoms with Crippen molar-refractivity contribution in [2.45, 2.75) is 32.6 Å². The van der Waals surface area contributed by atoms with Gasteiger partial charge < -0.3 is 11.5 Å². The zero-order valence-electron chi connectivity index (χ0n) is 17.7. The molecule has 31 heavy (non-hydrogen) atoms. The lowest BCUT2D eigenvalue weighted by Gasteiger charge is -2.35. The van der Waals surface area contributed by atoms with Gasteiger partial charge in [-0.15, -0.1) is 0 Å². The summed E-state index contributed by atoms with van der Waals surface area (Å²) in [6.07, 6.45) is 0.529. The molecule has 0 aromatic heterocycles. The summed E-state index contributed by atoms with van der Waals surface area (Å²) in [5, 5.41) is 10.00. The van der Waals surface area contributed by atoms with Crippen LogP contribution >= 0.6 is 0 Å². The molecule has 1 unspecified atom stereocenters. The number of amidine groups is 1. The van der Waals surface area contributed by atoms with Crippen molar-refractivity contribution in [2.24, 2.45) is 27.8 Å². The lowest BCUT2D eigenvalue weighted by molar-refractivity contribution is -0.140. The molecule has 0 amide bonds. The van der Waals surface area contributed by atoms with Crippen molar-refractivity contribution in [3.63, 3.8) is 0 Å². The van der Waals surface area contributed by atoms with E-state index >= 15 is 0 Å². The second kappa shape index (κ2) is 8.97. The molecule has 0 spiro atoms. The van der Waals surface area contributed by atoms with Crippen LogP contribution in [0.3, 0.4) is 0 Å². The standard InChI is InChI=1S/C25H26N4O2/c1-25(2)13-19(30)22(20(31)14-25)21(16-9-5-3-6-10-16)18(15-26)24(28)29-23(27)17-11-7-4-8-12-17/h3-12,21-22H,13-14,28H2,1-2H3,(H2,27,29)/b24-18-. The van der Waals surface area contributed by atoms with Crippen molar-refractivity contribution < 1.29 is 9.59 Å². The number of carbonyl (C=O) groups is 2. The summed E-state index contributed by atoms with van der Waals surface area (Å²) in [6.45, 7) is 3.80. The summed E-state index contributed by atoms with van der Waals surface area (Å²) in [4.78, 5) is 30.4. The molecule has 1 atom stereocenters. The second-order valence-electron chi connectivity index (χ2n) is 8.59. The van der Waals surface area contributed by atoms with Crippen LogP contribution in [0.2, 0.25) is 0 Å². The van der Waals surface area contributed by atoms with Crippen LogP contribution in [-0.4, -0.2) is 17.4 Å². The van der Waals surface area contributed by atoms with E-state index in [9.17, 15) is 14.9 Å². The van der Waals surface area contributed by atoms with Crippen LogP contribution in [0.4, 0.5) is 0 Å². The fourth-order valence-electron chi connectivity index (χ4n) is 4.11. The molecule has 1 aliphatic carbocycles. The second-order valence-corrected chi connectivity index (χ2v) is 8.59. The summed E-state index contributed by atoms with van der Waals surface area (Å²) in [6, 6.07) is 20.2. The summed E-state index contributed by atoms with van der Waals surface area (Å²) in [5.41, 5.74) is 13.3. The largest absolute Gasteiger partial charge is 0.383 e. The fraction of sp³-hybridized carbons (Fsp3) is 0.280. The van der Waals surface area contributed by atoms with E-state index in [-0.39, 0.29) is 41.6 Å². The Labute approximate surface area is 182 Å². The van der Waals surface area contributed by atoms with E-state index < -0.39 is 17.3 Å². The normalized spacial score (nSPS) is 18.8. The van der Waals surface area contributed by atoms with Crippen LogP contribution in [0.5, 0.6) is 0 Å². The first-order chi connectivity index (χ1) is 14.7. The molecule has 4 N–H and O–H groups in total. The Bertz CT molecular complexity index is 1060. The van der Waals surface area contributed by atoms with Gasteiger partial charge in [0.2, 0.25) is 0 Å². The number of nitrogens with two attached hydrogens (primary N) is 2. The van der Waals surface area contributed by atoms with Crippen molar-refractivity contribution in [2.75, 3.05) is 0 Å². The van der Waals surface area contributed by atoms with Gasteiger partial charge in [0.1, 0.15) is 23.2 Å². The van der Waals surface area contributed by atoms with Crippen molar-refractivity contribution in [3.05, 3.63) is 83.2 Å². The number of nitriles is 1. The van der Waals surface area contributed by atoms with Crippen LogP contribution in [-0.2, 0) is 9.59 Å². The van der Waals surface area contributed by atoms with Gasteiger partial charge in [0.15, 0.2) is 0 Å². The van der Waals surface area contributed by atoms with Gasteiger partial charge in [-0.25, -0.2) is 4.99 Å². The minimum Gasteiger partial charge on any atom is -0.383 e. The first-order valence-corrected chi connectivity index (χ1v) is 10.1. The van der Waals surface area contributed by atoms with Gasteiger partial charge in [-0.3, -0.25) is 9.59 Å². The molecule has 158 valence electrons. The lowest BCUT2D eigenvalue weighted by atomic mass is 9.65. The molecule has 3 rings (SSSR count). The third kappa shape index (κ3) is 4.89. The Hall–Kier alpha value is -3.72. The minimum atomic E-state index is -0.975. The molecular weight excluding hydrogens is 388 g/mol. The van der Waals surface area contributed by atoms with Crippen molar-refractivity contribution >= 4 is 17.4 Å². The maximum absolute atomic E-state index is 13.1. The maximum atomic E-state index is 13.1. The minimum absolute atomic E-state index is 0.0662. The van der Waals surface area contributed by atoms with E-state index in [1.807, 2.05) is 38.1 Å². The van der Waals surface area contributed by atoms with Crippen molar-refractivity contribution in [1.29, 1.82) is 5.26 Å². The number of Topliss-reactive ketones (excluding diaryl/α,β-unsaturated/α-hetero) is 2. The predicted octanol–water partition coefficient (Wildman–Crippen LogP) is 3.44. The first-order valence-electron chi connectivity index (χ1n) is 10.1. The molecule has 6 heteroatoms. The Balaban J connectivity index is 2.12. The third-order valence-corrected chi connectivity index (χ3v) is 5.51. The Morgan fingerprint density at radius 3 is 2.03 bits per heavy atom. The van der Waals surface area contributed by atoms with Crippen LogP contribution in [0.15, 0.2) is 77.1 Å². The molecule has 1 aliphatic rings. The molecular formula is C25H26N4O2. The van der Waals surface area contributed by atoms with E-state index in [1.165, 1.54) is 0 Å². The van der Waals surface area contributed by atoms with E-state index in [4.69, 9.17) is 11.5 Å². The average Bonchev–Trinajstić information content (AvgIpc) is 2.73. The van der Waals surface area contributed by atoms with E-state index in [0.29, 0.717) is 11.1 Å². The SMILES string of the molecule is CC1(C)CC(=O)C(C(/C(C#N)=C(N)\N=C(\N)c2ccccc2)c2ccccc2)C(=O)C1. The Kier molecular flexibility index (Phi) is 6.36. The molecule has 0 radical (unpaired) electrons. The van der Waals surface area contributed by atoms with Gasteiger partial charge in [0.25, 0.3) is 0 Å². The van der Waals surface area contributed by atoms with Gasteiger partial charge in [-0.05, 0) is 11.0 Å². The highest BCUT2D eigenvalue weighted by atomic mass is 16.2. The highest BCUT2D eigenvalue weighted by Crippen LogP contribution is 2.42. The predicted molar refractivity (Wildman–Crippen MR) is 120 cm³/mol. The summed E-state index contributed by atoms with van der Waals surface area (Å²) in [7, 11) is 0. The number of hydrogen-bond donors (Lipinski definition) is 2. The monoisotopic (exact) mass is 414 g/mol. The van der Waals surface area contributed by atoms with Gasteiger partial charge >= 0.3 is 0 Å². The highest BCUT2D eigenvalue weighted by Gasteiger charge is 2.45. The van der Waals surface area contributed by atoms with Gasteiger partial charge in [0, 0.05) is 24.3 Å². The molecule has 1 fully saturated rings. The summed E-state index contributed by atoms with van der Waals surface area (Å²) in [5.74, 6) is -2.10. The Morgan fingerprint density at radius 1 is 1.00 bits per heavy atom. The van der Waals surface area contributed by atoms with Crippen molar-refractivity contribution in [1.82, 2.24) is 0 Å². The summed E-state index contributed by atoms with van der Waals surface area (Å²) < 4.78 is 0. The van der Waals surface area contributed by atoms with Gasteiger partial charge in [-0.2, -0.15) is 5.26 Å². The molecule has 0 saturated heterocycles. The van der Waals surface area contributed by atoms with Crippen LogP contribution in [0.25, 0.3) is 0 Å². The van der Waals surface area contributed by atoms with E-state index in [0.717, 1.165) is 0 Å².